The predicted molar refractivity (Wildman–Crippen MR) is 142 cm³/mol. The minimum Gasteiger partial charge on any atom is -0.495 e. The molecular formula is C24H19ClFN3O8S2. The third kappa shape index (κ3) is 5.26. The molecule has 15 heteroatoms. The summed E-state index contributed by atoms with van der Waals surface area (Å²) in [5.41, 5.74) is -0.562. The number of benzene rings is 2. The van der Waals surface area contributed by atoms with Crippen LogP contribution in [-0.4, -0.2) is 51.7 Å². The summed E-state index contributed by atoms with van der Waals surface area (Å²) in [6.07, 6.45) is 1.31. The molecule has 0 saturated carbocycles. The molecule has 2 amide bonds. The zero-order chi connectivity index (χ0) is 28.5. The number of aromatic nitrogens is 1. The van der Waals surface area contributed by atoms with E-state index >= 15 is 0 Å². The molecule has 2 aromatic carbocycles. The zero-order valence-corrected chi connectivity index (χ0v) is 22.8. The normalized spacial score (nSPS) is 11.2. The van der Waals surface area contributed by atoms with Crippen LogP contribution in [-0.2, 0) is 19.5 Å². The monoisotopic (exact) mass is 595 g/mol. The molecule has 2 aromatic heterocycles. The van der Waals surface area contributed by atoms with Crippen LogP contribution in [0.5, 0.6) is 5.75 Å². The average molecular weight is 596 g/mol. The number of carbonyl (C=O) groups excluding carboxylic acids is 3. The van der Waals surface area contributed by atoms with Gasteiger partial charge in [0.1, 0.15) is 21.1 Å². The van der Waals surface area contributed by atoms with E-state index in [1.807, 2.05) is 0 Å². The second kappa shape index (κ2) is 10.9. The lowest BCUT2D eigenvalue weighted by molar-refractivity contribution is 0.0561. The number of esters is 2. The quantitative estimate of drug-likeness (QED) is 0.286. The van der Waals surface area contributed by atoms with E-state index in [9.17, 15) is 27.2 Å². The zero-order valence-electron chi connectivity index (χ0n) is 20.4. The van der Waals surface area contributed by atoms with Gasteiger partial charge in [0.25, 0.3) is 10.0 Å². The number of nitrogens with one attached hydrogen (secondary N) is 2. The number of fused-ring (bicyclic) bond motifs is 1. The Kier molecular flexibility index (Phi) is 7.81. The van der Waals surface area contributed by atoms with Gasteiger partial charge < -0.3 is 24.8 Å². The van der Waals surface area contributed by atoms with Crippen molar-refractivity contribution in [2.75, 3.05) is 32.0 Å². The Morgan fingerprint density at radius 3 is 2.33 bits per heavy atom. The molecule has 0 aliphatic heterocycles. The number of nitrogens with zero attached hydrogens (tertiary/aromatic N) is 1. The van der Waals surface area contributed by atoms with Gasteiger partial charge in [0.05, 0.1) is 38.2 Å². The van der Waals surface area contributed by atoms with Crippen LogP contribution in [0.3, 0.4) is 0 Å². The second-order valence-electron chi connectivity index (χ2n) is 7.72. The molecule has 4 rings (SSSR count). The van der Waals surface area contributed by atoms with Gasteiger partial charge in [0.15, 0.2) is 5.82 Å². The van der Waals surface area contributed by atoms with Crippen molar-refractivity contribution in [1.82, 2.24) is 3.97 Å². The van der Waals surface area contributed by atoms with Crippen molar-refractivity contribution in [3.8, 4) is 5.75 Å². The number of ether oxygens (including phenoxy) is 3. The number of halogens is 2. The van der Waals surface area contributed by atoms with Gasteiger partial charge in [-0.1, -0.05) is 11.6 Å². The highest BCUT2D eigenvalue weighted by Crippen LogP contribution is 2.34. The van der Waals surface area contributed by atoms with Gasteiger partial charge in [-0.3, -0.25) is 0 Å². The minimum atomic E-state index is -4.34. The first-order valence-corrected chi connectivity index (χ1v) is 13.5. The van der Waals surface area contributed by atoms with Crippen LogP contribution in [0.25, 0.3) is 10.9 Å². The molecule has 0 bridgehead atoms. The highest BCUT2D eigenvalue weighted by molar-refractivity contribution is 7.90. The molecule has 39 heavy (non-hydrogen) atoms. The molecule has 0 unspecified atom stereocenters. The number of hydrogen-bond donors (Lipinski definition) is 2. The van der Waals surface area contributed by atoms with Crippen molar-refractivity contribution >= 4 is 73.2 Å². The van der Waals surface area contributed by atoms with E-state index in [4.69, 9.17) is 16.3 Å². The highest BCUT2D eigenvalue weighted by atomic mass is 35.5. The maximum Gasteiger partial charge on any atom is 0.349 e. The van der Waals surface area contributed by atoms with Crippen LogP contribution in [0.1, 0.15) is 20.0 Å². The Balaban J connectivity index is 1.69. The molecular weight excluding hydrogens is 577 g/mol. The number of anilines is 2. The van der Waals surface area contributed by atoms with Gasteiger partial charge in [-0.05, 0) is 30.3 Å². The smallest absolute Gasteiger partial charge is 0.349 e. The lowest BCUT2D eigenvalue weighted by Gasteiger charge is -2.15. The molecule has 2 N–H and O–H groups in total. The lowest BCUT2D eigenvalue weighted by Crippen LogP contribution is -2.22. The van der Waals surface area contributed by atoms with E-state index in [1.165, 1.54) is 30.8 Å². The Morgan fingerprint density at radius 2 is 1.67 bits per heavy atom. The van der Waals surface area contributed by atoms with Gasteiger partial charge >= 0.3 is 18.0 Å². The van der Waals surface area contributed by atoms with E-state index in [0.717, 1.165) is 41.7 Å². The summed E-state index contributed by atoms with van der Waals surface area (Å²) in [6, 6.07) is 6.84. The Hall–Kier alpha value is -4.14. The third-order valence-corrected chi connectivity index (χ3v) is 8.36. The molecule has 11 nitrogen and oxygen atoms in total. The molecule has 4 aromatic rings. The fourth-order valence-electron chi connectivity index (χ4n) is 3.67. The van der Waals surface area contributed by atoms with Gasteiger partial charge in [0, 0.05) is 28.1 Å². The number of rotatable bonds is 7. The fourth-order valence-corrected chi connectivity index (χ4v) is 6.27. The maximum atomic E-state index is 14.9. The lowest BCUT2D eigenvalue weighted by atomic mass is 10.2. The van der Waals surface area contributed by atoms with Crippen molar-refractivity contribution in [2.24, 2.45) is 0 Å². The van der Waals surface area contributed by atoms with Crippen LogP contribution in [0, 0.1) is 5.82 Å². The first kappa shape index (κ1) is 27.9. The van der Waals surface area contributed by atoms with Crippen molar-refractivity contribution in [2.45, 2.75) is 4.90 Å². The molecule has 0 fully saturated rings. The number of thiophene rings is 1. The van der Waals surface area contributed by atoms with Gasteiger partial charge in [-0.2, -0.15) is 0 Å². The summed E-state index contributed by atoms with van der Waals surface area (Å²) in [7, 11) is -0.968. The first-order valence-electron chi connectivity index (χ1n) is 10.8. The van der Waals surface area contributed by atoms with Gasteiger partial charge in [-0.15, -0.1) is 11.3 Å². The second-order valence-corrected chi connectivity index (χ2v) is 10.8. The van der Waals surface area contributed by atoms with E-state index in [1.54, 1.807) is 12.1 Å². The van der Waals surface area contributed by atoms with Crippen LogP contribution >= 0.6 is 22.9 Å². The number of hydrogen-bond acceptors (Lipinski definition) is 9. The van der Waals surface area contributed by atoms with Gasteiger partial charge in [-0.25, -0.2) is 31.2 Å². The number of methoxy groups -OCH3 is 3. The summed E-state index contributed by atoms with van der Waals surface area (Å²) in [6.45, 7) is 0. The Labute approximate surface area is 230 Å². The summed E-state index contributed by atoms with van der Waals surface area (Å²) < 4.78 is 57.4. The fraction of sp³-hybridized carbons (Fsp3) is 0.125. The first-order chi connectivity index (χ1) is 18.5. The van der Waals surface area contributed by atoms with Crippen LogP contribution in [0.2, 0.25) is 5.02 Å². The highest BCUT2D eigenvalue weighted by Gasteiger charge is 2.28. The standard InChI is InChI=1S/C24H19ClFN3O8S2/c1-35-18-9-14(26)15(10-19(18)39(33,34)29-7-6-12-8-13(25)4-5-17(12)29)27-24(32)28-16-11-38-21(23(31)37-3)20(16)22(30)36-2/h4-11H,1-3H3,(H2,27,28,32). The summed E-state index contributed by atoms with van der Waals surface area (Å²) in [5, 5.41) is 6.80. The van der Waals surface area contributed by atoms with Crippen molar-refractivity contribution in [3.63, 3.8) is 0 Å². The Morgan fingerprint density at radius 1 is 0.974 bits per heavy atom. The number of urea groups is 1. The minimum absolute atomic E-state index is 0.107. The van der Waals surface area contributed by atoms with E-state index < -0.39 is 44.4 Å². The van der Waals surface area contributed by atoms with Crippen molar-refractivity contribution < 1.29 is 41.4 Å². The Bertz CT molecular complexity index is 1730. The van der Waals surface area contributed by atoms with Crippen LogP contribution in [0.4, 0.5) is 20.6 Å². The topological polar surface area (TPSA) is 142 Å². The largest absolute Gasteiger partial charge is 0.495 e. The maximum absolute atomic E-state index is 14.9. The predicted octanol–water partition coefficient (Wildman–Crippen LogP) is 4.96. The average Bonchev–Trinajstić information content (AvgIpc) is 3.52. The molecule has 0 spiro atoms. The van der Waals surface area contributed by atoms with Crippen LogP contribution in [0.15, 0.2) is 52.9 Å². The van der Waals surface area contributed by atoms with E-state index in [2.05, 4.69) is 20.1 Å². The molecule has 204 valence electrons. The molecule has 0 atom stereocenters. The molecule has 0 radical (unpaired) electrons. The molecule has 0 saturated heterocycles. The summed E-state index contributed by atoms with van der Waals surface area (Å²) >= 11 is 6.81. The SMILES string of the molecule is COC(=O)c1scc(NC(=O)Nc2cc(S(=O)(=O)n3ccc4cc(Cl)ccc43)c(OC)cc2F)c1C(=O)OC. The van der Waals surface area contributed by atoms with Crippen molar-refractivity contribution in [3.05, 3.63) is 69.3 Å². The van der Waals surface area contributed by atoms with Crippen molar-refractivity contribution in [1.29, 1.82) is 0 Å². The molecule has 0 aliphatic carbocycles. The van der Waals surface area contributed by atoms with E-state index in [0.29, 0.717) is 15.9 Å². The van der Waals surface area contributed by atoms with E-state index in [-0.39, 0.29) is 21.9 Å². The third-order valence-electron chi connectivity index (χ3n) is 5.45. The summed E-state index contributed by atoms with van der Waals surface area (Å²) in [4.78, 5) is 36.4. The molecule has 2 heterocycles. The number of carbonyl (C=O) groups is 3. The number of amides is 2. The molecule has 0 aliphatic rings. The van der Waals surface area contributed by atoms with Gasteiger partial charge in [0.2, 0.25) is 0 Å². The van der Waals surface area contributed by atoms with Crippen LogP contribution < -0.4 is 15.4 Å². The summed E-state index contributed by atoms with van der Waals surface area (Å²) in [5.74, 6) is -3.05.